The molecule has 0 unspecified atom stereocenters. The van der Waals surface area contributed by atoms with Crippen LogP contribution in [0.3, 0.4) is 0 Å². The minimum atomic E-state index is -0.655. The van der Waals surface area contributed by atoms with Crippen molar-refractivity contribution in [2.75, 3.05) is 6.61 Å². The summed E-state index contributed by atoms with van der Waals surface area (Å²) < 4.78 is 0. The van der Waals surface area contributed by atoms with E-state index in [4.69, 9.17) is 5.73 Å². The Morgan fingerprint density at radius 3 is 2.87 bits per heavy atom. The van der Waals surface area contributed by atoms with Crippen LogP contribution in [0.4, 0.5) is 0 Å². The van der Waals surface area contributed by atoms with Gasteiger partial charge < -0.3 is 5.73 Å². The Balaban J connectivity index is 2.50. The monoisotopic (exact) mass is 209 g/mol. The molecule has 0 fully saturated rings. The zero-order valence-electron chi connectivity index (χ0n) is 8.19. The zero-order chi connectivity index (χ0) is 11.3. The van der Waals surface area contributed by atoms with E-state index >= 15 is 0 Å². The number of carbonyl (C=O) groups is 2. The first-order valence-electron chi connectivity index (χ1n) is 4.21. The number of nitrogens with zero attached hydrogens (tertiary/aromatic N) is 1. The summed E-state index contributed by atoms with van der Waals surface area (Å²) in [6.07, 6.45) is 3.02. The van der Waals surface area contributed by atoms with Crippen molar-refractivity contribution in [1.29, 1.82) is 0 Å². The first kappa shape index (κ1) is 11.1. The number of aryl methyl sites for hydroxylation is 1. The first-order chi connectivity index (χ1) is 7.09. The Morgan fingerprint density at radius 2 is 2.27 bits per heavy atom. The Bertz CT molecular complexity index is 379. The summed E-state index contributed by atoms with van der Waals surface area (Å²) >= 11 is 0. The number of pyridine rings is 1. The van der Waals surface area contributed by atoms with Crippen molar-refractivity contribution in [3.63, 3.8) is 0 Å². The van der Waals surface area contributed by atoms with E-state index in [1.807, 2.05) is 6.92 Å². The van der Waals surface area contributed by atoms with Gasteiger partial charge in [0.1, 0.15) is 0 Å². The summed E-state index contributed by atoms with van der Waals surface area (Å²) in [5.74, 6) is -1.12. The van der Waals surface area contributed by atoms with Gasteiger partial charge in [0.15, 0.2) is 6.61 Å². The number of primary amides is 1. The van der Waals surface area contributed by atoms with Gasteiger partial charge >= 0.3 is 0 Å². The first-order valence-corrected chi connectivity index (χ1v) is 4.21. The van der Waals surface area contributed by atoms with Gasteiger partial charge in [0, 0.05) is 12.4 Å². The lowest BCUT2D eigenvalue weighted by Crippen LogP contribution is -2.29. The van der Waals surface area contributed by atoms with Gasteiger partial charge in [-0.1, -0.05) is 0 Å². The molecule has 0 saturated heterocycles. The van der Waals surface area contributed by atoms with Crippen molar-refractivity contribution in [3.05, 3.63) is 29.6 Å². The molecule has 0 spiro atoms. The van der Waals surface area contributed by atoms with Crippen molar-refractivity contribution < 1.29 is 14.4 Å². The normalized spacial score (nSPS) is 9.67. The van der Waals surface area contributed by atoms with Gasteiger partial charge in [-0.25, -0.2) is 5.48 Å². The van der Waals surface area contributed by atoms with Gasteiger partial charge in [-0.2, -0.15) is 0 Å². The molecule has 80 valence electrons. The van der Waals surface area contributed by atoms with Crippen molar-refractivity contribution in [1.82, 2.24) is 10.5 Å². The van der Waals surface area contributed by atoms with Crippen LogP contribution in [0.1, 0.15) is 15.9 Å². The molecule has 0 radical (unpaired) electrons. The Hall–Kier alpha value is -1.95. The number of hydrogen-bond acceptors (Lipinski definition) is 4. The number of amides is 2. The summed E-state index contributed by atoms with van der Waals surface area (Å²) in [5.41, 5.74) is 8.11. The molecule has 0 bridgehead atoms. The standard InChI is InChI=1S/C9H11N3O3/c1-6-2-7(4-11-3-6)9(14)12-15-5-8(10)13/h2-4H,5H2,1H3,(H2,10,13)(H,12,14). The maximum Gasteiger partial charge on any atom is 0.276 e. The lowest BCUT2D eigenvalue weighted by molar-refractivity contribution is -0.124. The average molecular weight is 209 g/mol. The van der Waals surface area contributed by atoms with Crippen molar-refractivity contribution in [2.24, 2.45) is 5.73 Å². The highest BCUT2D eigenvalue weighted by Crippen LogP contribution is 2.00. The summed E-state index contributed by atoms with van der Waals surface area (Å²) in [4.78, 5) is 30.0. The number of aromatic nitrogens is 1. The molecule has 0 aliphatic carbocycles. The largest absolute Gasteiger partial charge is 0.368 e. The highest BCUT2D eigenvalue weighted by molar-refractivity contribution is 5.93. The van der Waals surface area contributed by atoms with Crippen LogP contribution in [0, 0.1) is 6.92 Å². The maximum absolute atomic E-state index is 11.4. The van der Waals surface area contributed by atoms with E-state index in [1.54, 1.807) is 12.3 Å². The van der Waals surface area contributed by atoms with Crippen LogP contribution < -0.4 is 11.2 Å². The third kappa shape index (κ3) is 3.74. The number of nitrogens with one attached hydrogen (secondary N) is 1. The molecule has 1 aromatic rings. The molecular formula is C9H11N3O3. The fourth-order valence-electron chi connectivity index (χ4n) is 0.911. The van der Waals surface area contributed by atoms with E-state index in [9.17, 15) is 9.59 Å². The number of rotatable bonds is 4. The van der Waals surface area contributed by atoms with Gasteiger partial charge in [0.05, 0.1) is 5.56 Å². The number of hydroxylamine groups is 1. The van der Waals surface area contributed by atoms with E-state index < -0.39 is 11.8 Å². The van der Waals surface area contributed by atoms with Crippen molar-refractivity contribution in [3.8, 4) is 0 Å². The second-order valence-electron chi connectivity index (χ2n) is 2.94. The van der Waals surface area contributed by atoms with E-state index in [-0.39, 0.29) is 6.61 Å². The van der Waals surface area contributed by atoms with Gasteiger partial charge in [0.2, 0.25) is 5.91 Å². The average Bonchev–Trinajstić information content (AvgIpc) is 2.17. The van der Waals surface area contributed by atoms with Crippen LogP contribution >= 0.6 is 0 Å². The number of nitrogens with two attached hydrogens (primary N) is 1. The summed E-state index contributed by atoms with van der Waals surface area (Å²) in [5, 5.41) is 0. The highest BCUT2D eigenvalue weighted by atomic mass is 16.7. The predicted octanol–water partition coefficient (Wildman–Crippen LogP) is -0.463. The second-order valence-corrected chi connectivity index (χ2v) is 2.94. The molecule has 0 aromatic carbocycles. The topological polar surface area (TPSA) is 94.3 Å². The third-order valence-corrected chi connectivity index (χ3v) is 1.52. The van der Waals surface area contributed by atoms with Gasteiger partial charge in [-0.3, -0.25) is 19.4 Å². The van der Waals surface area contributed by atoms with Crippen LogP contribution in [0.15, 0.2) is 18.5 Å². The maximum atomic E-state index is 11.4. The minimum absolute atomic E-state index is 0.356. The lowest BCUT2D eigenvalue weighted by Gasteiger charge is -2.03. The third-order valence-electron chi connectivity index (χ3n) is 1.52. The van der Waals surface area contributed by atoms with Gasteiger partial charge in [-0.05, 0) is 18.6 Å². The second kappa shape index (κ2) is 5.06. The zero-order valence-corrected chi connectivity index (χ0v) is 8.19. The van der Waals surface area contributed by atoms with Gasteiger partial charge in [0.25, 0.3) is 5.91 Å². The highest BCUT2D eigenvalue weighted by Gasteiger charge is 2.06. The fraction of sp³-hybridized carbons (Fsp3) is 0.222. The summed E-state index contributed by atoms with van der Waals surface area (Å²) in [6.45, 7) is 1.46. The molecule has 0 aliphatic heterocycles. The Kier molecular flexibility index (Phi) is 3.75. The molecule has 1 aromatic heterocycles. The van der Waals surface area contributed by atoms with Crippen LogP contribution in [0.2, 0.25) is 0 Å². The molecule has 6 nitrogen and oxygen atoms in total. The molecule has 15 heavy (non-hydrogen) atoms. The minimum Gasteiger partial charge on any atom is -0.368 e. The Morgan fingerprint density at radius 1 is 1.53 bits per heavy atom. The van der Waals surface area contributed by atoms with E-state index in [0.717, 1.165) is 5.56 Å². The van der Waals surface area contributed by atoms with E-state index in [0.29, 0.717) is 5.56 Å². The molecule has 2 amide bonds. The van der Waals surface area contributed by atoms with Crippen LogP contribution in [-0.4, -0.2) is 23.4 Å². The molecule has 6 heteroatoms. The lowest BCUT2D eigenvalue weighted by atomic mass is 10.2. The molecule has 3 N–H and O–H groups in total. The molecule has 0 saturated carbocycles. The quantitative estimate of drug-likeness (QED) is 0.656. The summed E-state index contributed by atoms with van der Waals surface area (Å²) in [7, 11) is 0. The Labute approximate surface area is 86.4 Å². The van der Waals surface area contributed by atoms with Crippen LogP contribution in [0.25, 0.3) is 0 Å². The summed E-state index contributed by atoms with van der Waals surface area (Å²) in [6, 6.07) is 1.65. The molecule has 0 atom stereocenters. The number of carbonyl (C=O) groups excluding carboxylic acids is 2. The van der Waals surface area contributed by atoms with Crippen LogP contribution in [-0.2, 0) is 9.63 Å². The van der Waals surface area contributed by atoms with E-state index in [1.165, 1.54) is 6.20 Å². The van der Waals surface area contributed by atoms with E-state index in [2.05, 4.69) is 15.3 Å². The van der Waals surface area contributed by atoms with Crippen molar-refractivity contribution in [2.45, 2.75) is 6.92 Å². The predicted molar refractivity (Wildman–Crippen MR) is 51.6 cm³/mol. The van der Waals surface area contributed by atoms with Crippen LogP contribution in [0.5, 0.6) is 0 Å². The smallest absolute Gasteiger partial charge is 0.276 e. The molecule has 1 rings (SSSR count). The molecule has 1 heterocycles. The number of hydrogen-bond donors (Lipinski definition) is 2. The molecule has 0 aliphatic rings. The van der Waals surface area contributed by atoms with Crippen molar-refractivity contribution >= 4 is 11.8 Å². The fourth-order valence-corrected chi connectivity index (χ4v) is 0.911. The molecular weight excluding hydrogens is 198 g/mol. The van der Waals surface area contributed by atoms with Gasteiger partial charge in [-0.15, -0.1) is 0 Å². The SMILES string of the molecule is Cc1cncc(C(=O)NOCC(N)=O)c1.